The van der Waals surface area contributed by atoms with Crippen molar-refractivity contribution in [1.29, 1.82) is 0 Å². The molecule has 1 aliphatic heterocycles. The number of carbonyl (C=O) groups excluding carboxylic acids is 1. The van der Waals surface area contributed by atoms with Crippen LogP contribution < -0.4 is 0 Å². The Kier molecular flexibility index (Phi) is 4.42. The maximum atomic E-state index is 13.2. The summed E-state index contributed by atoms with van der Waals surface area (Å²) in [5.74, 6) is -0.0461. The van der Waals surface area contributed by atoms with Gasteiger partial charge in [-0.1, -0.05) is 0 Å². The third-order valence-electron chi connectivity index (χ3n) is 3.19. The molecule has 1 heterocycles. The molecule has 0 aromatic heterocycles. The highest BCUT2D eigenvalue weighted by atomic mass is 35.5. The zero-order chi connectivity index (χ0) is 14.0. The molecule has 1 saturated heterocycles. The van der Waals surface area contributed by atoms with Crippen LogP contribution in [0.1, 0.15) is 22.8 Å². The summed E-state index contributed by atoms with van der Waals surface area (Å²) in [6, 6.07) is 4.42. The quantitative estimate of drug-likeness (QED) is 0.782. The Labute approximate surface area is 117 Å². The molecule has 0 radical (unpaired) electrons. The highest BCUT2D eigenvalue weighted by Gasteiger charge is 2.28. The topological polar surface area (TPSA) is 29.5 Å². The molecule has 2 rings (SSSR count). The number of ether oxygens (including phenoxy) is 1. The standard InChI is InChI=1S/C14H17ClFNO2/c1-9-5-11(3-4-13(9)16)14(18)17-7-10(2)19-12(6-15)8-17/h3-5,10,12H,6-8H2,1-2H3. The lowest BCUT2D eigenvalue weighted by Crippen LogP contribution is -2.49. The van der Waals surface area contributed by atoms with Crippen LogP contribution in [0.3, 0.4) is 0 Å². The Bertz CT molecular complexity index is 481. The van der Waals surface area contributed by atoms with Gasteiger partial charge in [-0.05, 0) is 37.6 Å². The summed E-state index contributed by atoms with van der Waals surface area (Å²) >= 11 is 5.80. The first-order valence-electron chi connectivity index (χ1n) is 6.28. The van der Waals surface area contributed by atoms with E-state index in [0.29, 0.717) is 30.1 Å². The fourth-order valence-corrected chi connectivity index (χ4v) is 2.43. The summed E-state index contributed by atoms with van der Waals surface area (Å²) in [4.78, 5) is 14.1. The van der Waals surface area contributed by atoms with E-state index in [2.05, 4.69) is 0 Å². The van der Waals surface area contributed by atoms with E-state index in [1.54, 1.807) is 17.9 Å². The second kappa shape index (κ2) is 5.88. The highest BCUT2D eigenvalue weighted by Crippen LogP contribution is 2.17. The second-order valence-corrected chi connectivity index (χ2v) is 5.21. The number of hydrogen-bond donors (Lipinski definition) is 0. The number of hydrogen-bond acceptors (Lipinski definition) is 2. The van der Waals surface area contributed by atoms with Crippen LogP contribution in [0.25, 0.3) is 0 Å². The predicted octanol–water partition coefficient (Wildman–Crippen LogP) is 2.60. The van der Waals surface area contributed by atoms with Gasteiger partial charge in [-0.3, -0.25) is 4.79 Å². The monoisotopic (exact) mass is 285 g/mol. The zero-order valence-corrected chi connectivity index (χ0v) is 11.8. The van der Waals surface area contributed by atoms with E-state index in [1.165, 1.54) is 12.1 Å². The highest BCUT2D eigenvalue weighted by molar-refractivity contribution is 6.18. The average Bonchev–Trinajstić information content (AvgIpc) is 2.40. The van der Waals surface area contributed by atoms with Crippen molar-refractivity contribution in [3.05, 3.63) is 35.1 Å². The Morgan fingerprint density at radius 3 is 2.89 bits per heavy atom. The van der Waals surface area contributed by atoms with E-state index in [-0.39, 0.29) is 23.9 Å². The maximum absolute atomic E-state index is 13.2. The molecule has 104 valence electrons. The van der Waals surface area contributed by atoms with Crippen LogP contribution >= 0.6 is 11.6 Å². The normalized spacial score (nSPS) is 23.5. The first kappa shape index (κ1) is 14.3. The van der Waals surface area contributed by atoms with Gasteiger partial charge in [0.05, 0.1) is 18.1 Å². The largest absolute Gasteiger partial charge is 0.370 e. The van der Waals surface area contributed by atoms with Gasteiger partial charge in [-0.15, -0.1) is 11.6 Å². The molecule has 19 heavy (non-hydrogen) atoms. The number of halogens is 2. The fraction of sp³-hybridized carbons (Fsp3) is 0.500. The molecular weight excluding hydrogens is 269 g/mol. The molecule has 0 bridgehead atoms. The lowest BCUT2D eigenvalue weighted by atomic mass is 10.1. The molecular formula is C14H17ClFNO2. The van der Waals surface area contributed by atoms with Gasteiger partial charge in [0.1, 0.15) is 5.82 Å². The third-order valence-corrected chi connectivity index (χ3v) is 3.53. The van der Waals surface area contributed by atoms with Crippen molar-refractivity contribution in [2.24, 2.45) is 0 Å². The number of aryl methyl sites for hydroxylation is 1. The molecule has 1 aliphatic rings. The van der Waals surface area contributed by atoms with Crippen LogP contribution in [-0.2, 0) is 4.74 Å². The predicted molar refractivity (Wildman–Crippen MR) is 72.1 cm³/mol. The third kappa shape index (κ3) is 3.25. The van der Waals surface area contributed by atoms with Gasteiger partial charge in [0.15, 0.2) is 0 Å². The van der Waals surface area contributed by atoms with Crippen LogP contribution in [0.5, 0.6) is 0 Å². The van der Waals surface area contributed by atoms with E-state index in [1.807, 2.05) is 6.92 Å². The van der Waals surface area contributed by atoms with Crippen molar-refractivity contribution in [2.75, 3.05) is 19.0 Å². The van der Waals surface area contributed by atoms with Crippen LogP contribution in [0, 0.1) is 12.7 Å². The summed E-state index contributed by atoms with van der Waals surface area (Å²) in [7, 11) is 0. The minimum Gasteiger partial charge on any atom is -0.370 e. The van der Waals surface area contributed by atoms with E-state index >= 15 is 0 Å². The van der Waals surface area contributed by atoms with Gasteiger partial charge in [0.2, 0.25) is 0 Å². The van der Waals surface area contributed by atoms with Gasteiger partial charge in [0.25, 0.3) is 5.91 Å². The van der Waals surface area contributed by atoms with E-state index in [4.69, 9.17) is 16.3 Å². The number of benzene rings is 1. The average molecular weight is 286 g/mol. The molecule has 0 saturated carbocycles. The first-order valence-corrected chi connectivity index (χ1v) is 6.81. The Morgan fingerprint density at radius 2 is 2.26 bits per heavy atom. The van der Waals surface area contributed by atoms with Gasteiger partial charge in [-0.25, -0.2) is 4.39 Å². The number of amides is 1. The SMILES string of the molecule is Cc1cc(C(=O)N2CC(C)OC(CCl)C2)ccc1F. The minimum absolute atomic E-state index is 0.0389. The van der Waals surface area contributed by atoms with Crippen molar-refractivity contribution in [3.63, 3.8) is 0 Å². The lowest BCUT2D eigenvalue weighted by molar-refractivity contribution is -0.0570. The molecule has 5 heteroatoms. The van der Waals surface area contributed by atoms with E-state index in [9.17, 15) is 9.18 Å². The maximum Gasteiger partial charge on any atom is 0.254 e. The van der Waals surface area contributed by atoms with Crippen LogP contribution in [0.4, 0.5) is 4.39 Å². The zero-order valence-electron chi connectivity index (χ0n) is 11.0. The first-order chi connectivity index (χ1) is 9.01. The molecule has 0 aliphatic carbocycles. The number of alkyl halides is 1. The summed E-state index contributed by atoms with van der Waals surface area (Å²) < 4.78 is 18.8. The Balaban J connectivity index is 2.16. The van der Waals surface area contributed by atoms with Crippen molar-refractivity contribution >= 4 is 17.5 Å². The number of rotatable bonds is 2. The fourth-order valence-electron chi connectivity index (χ4n) is 2.26. The molecule has 2 unspecified atom stereocenters. The lowest BCUT2D eigenvalue weighted by Gasteiger charge is -2.36. The summed E-state index contributed by atoms with van der Waals surface area (Å²) in [6.45, 7) is 4.57. The molecule has 1 amide bonds. The molecule has 0 N–H and O–H groups in total. The molecule has 3 nitrogen and oxygen atoms in total. The van der Waals surface area contributed by atoms with E-state index < -0.39 is 0 Å². The van der Waals surface area contributed by atoms with Crippen LogP contribution in [0.2, 0.25) is 0 Å². The second-order valence-electron chi connectivity index (χ2n) is 4.90. The number of morpholine rings is 1. The van der Waals surface area contributed by atoms with Crippen molar-refractivity contribution in [1.82, 2.24) is 4.90 Å². The summed E-state index contributed by atoms with van der Waals surface area (Å²) in [5.41, 5.74) is 0.974. The van der Waals surface area contributed by atoms with Crippen molar-refractivity contribution in [3.8, 4) is 0 Å². The Morgan fingerprint density at radius 1 is 1.53 bits per heavy atom. The summed E-state index contributed by atoms with van der Waals surface area (Å²) in [5, 5.41) is 0. The summed E-state index contributed by atoms with van der Waals surface area (Å²) in [6.07, 6.45) is -0.182. The van der Waals surface area contributed by atoms with Crippen LogP contribution in [-0.4, -0.2) is 42.0 Å². The van der Waals surface area contributed by atoms with Crippen molar-refractivity contribution < 1.29 is 13.9 Å². The van der Waals surface area contributed by atoms with Gasteiger partial charge >= 0.3 is 0 Å². The molecule has 1 fully saturated rings. The Hall–Kier alpha value is -1.13. The number of carbonyl (C=O) groups is 1. The minimum atomic E-state index is -0.300. The van der Waals surface area contributed by atoms with Gasteiger partial charge in [-0.2, -0.15) is 0 Å². The van der Waals surface area contributed by atoms with Gasteiger partial charge < -0.3 is 9.64 Å². The molecule has 1 aromatic carbocycles. The van der Waals surface area contributed by atoms with E-state index in [0.717, 1.165) is 0 Å². The molecule has 1 aromatic rings. The van der Waals surface area contributed by atoms with Gasteiger partial charge in [0, 0.05) is 18.7 Å². The number of nitrogens with zero attached hydrogens (tertiary/aromatic N) is 1. The van der Waals surface area contributed by atoms with Crippen LogP contribution in [0.15, 0.2) is 18.2 Å². The molecule has 2 atom stereocenters. The smallest absolute Gasteiger partial charge is 0.254 e. The molecule has 0 spiro atoms. The van der Waals surface area contributed by atoms with Crippen molar-refractivity contribution in [2.45, 2.75) is 26.1 Å².